The van der Waals surface area contributed by atoms with E-state index >= 15 is 0 Å². The minimum atomic E-state index is 0. The number of nitrogens with one attached hydrogen (secondary N) is 2. The van der Waals surface area contributed by atoms with E-state index < -0.39 is 0 Å². The van der Waals surface area contributed by atoms with Crippen molar-refractivity contribution in [3.05, 3.63) is 48.5 Å². The van der Waals surface area contributed by atoms with Crippen molar-refractivity contribution in [2.24, 2.45) is 18.4 Å². The van der Waals surface area contributed by atoms with E-state index in [2.05, 4.69) is 21.3 Å². The molecule has 1 aliphatic heterocycles. The maximum atomic E-state index is 12.8. The van der Waals surface area contributed by atoms with Crippen molar-refractivity contribution in [2.75, 3.05) is 18.4 Å². The molecule has 1 amide bonds. The van der Waals surface area contributed by atoms with Gasteiger partial charge in [-0.3, -0.25) is 4.79 Å². The Bertz CT molecular complexity index is 1030. The molecule has 154 valence electrons. The zero-order valence-corrected chi connectivity index (χ0v) is 18.0. The first-order chi connectivity index (χ1) is 13.2. The molecular formula is C22H26Cl2N4O. The van der Waals surface area contributed by atoms with Gasteiger partial charge in [0, 0.05) is 24.2 Å². The Hall–Kier alpha value is -2.08. The summed E-state index contributed by atoms with van der Waals surface area (Å²) < 4.78 is 2.10. The molecule has 3 aromatic rings. The summed E-state index contributed by atoms with van der Waals surface area (Å²) in [7, 11) is 2.03. The second-order valence-electron chi connectivity index (χ2n) is 7.92. The second kappa shape index (κ2) is 8.34. The van der Waals surface area contributed by atoms with Gasteiger partial charge in [0.05, 0.1) is 11.0 Å². The summed E-state index contributed by atoms with van der Waals surface area (Å²) in [6.45, 7) is 2.07. The van der Waals surface area contributed by atoms with Crippen molar-refractivity contribution in [3.63, 3.8) is 0 Å². The fourth-order valence-electron chi connectivity index (χ4n) is 4.56. The number of rotatable bonds is 3. The Morgan fingerprint density at radius 3 is 2.66 bits per heavy atom. The topological polar surface area (TPSA) is 59.0 Å². The molecule has 1 saturated carbocycles. The van der Waals surface area contributed by atoms with Crippen LogP contribution in [-0.2, 0) is 11.8 Å². The number of aryl methyl sites for hydroxylation is 1. The molecule has 1 atom stereocenters. The average Bonchev–Trinajstić information content (AvgIpc) is 3.28. The molecule has 1 spiro atoms. The van der Waals surface area contributed by atoms with Gasteiger partial charge >= 0.3 is 0 Å². The summed E-state index contributed by atoms with van der Waals surface area (Å²) in [4.78, 5) is 17.5. The van der Waals surface area contributed by atoms with E-state index in [4.69, 9.17) is 4.98 Å². The van der Waals surface area contributed by atoms with Crippen molar-refractivity contribution < 1.29 is 4.79 Å². The Labute approximate surface area is 183 Å². The number of para-hydroxylation sites is 2. The highest BCUT2D eigenvalue weighted by molar-refractivity contribution is 5.95. The van der Waals surface area contributed by atoms with Crippen molar-refractivity contribution >= 4 is 47.4 Å². The third-order valence-corrected chi connectivity index (χ3v) is 6.28. The van der Waals surface area contributed by atoms with Crippen LogP contribution in [0.4, 0.5) is 5.69 Å². The summed E-state index contributed by atoms with van der Waals surface area (Å²) >= 11 is 0. The summed E-state index contributed by atoms with van der Waals surface area (Å²) in [6.07, 6.45) is 3.26. The van der Waals surface area contributed by atoms with Crippen LogP contribution in [0.15, 0.2) is 48.5 Å². The number of nitrogens with zero attached hydrogens (tertiary/aromatic N) is 2. The summed E-state index contributed by atoms with van der Waals surface area (Å²) in [5.41, 5.74) is 4.20. The van der Waals surface area contributed by atoms with E-state index in [0.29, 0.717) is 0 Å². The summed E-state index contributed by atoms with van der Waals surface area (Å²) in [6, 6.07) is 16.1. The molecule has 5 rings (SSSR count). The largest absolute Gasteiger partial charge is 0.327 e. The fourth-order valence-corrected chi connectivity index (χ4v) is 4.56. The summed E-state index contributed by atoms with van der Waals surface area (Å²) in [5, 5.41) is 6.53. The maximum absolute atomic E-state index is 12.8. The van der Waals surface area contributed by atoms with Gasteiger partial charge in [0.2, 0.25) is 5.91 Å². The van der Waals surface area contributed by atoms with Crippen molar-refractivity contribution in [3.8, 4) is 11.4 Å². The molecule has 5 nitrogen and oxygen atoms in total. The predicted molar refractivity (Wildman–Crippen MR) is 122 cm³/mol. The van der Waals surface area contributed by atoms with Gasteiger partial charge in [-0.15, -0.1) is 24.8 Å². The highest BCUT2D eigenvalue weighted by Gasteiger charge is 2.57. The molecule has 2 heterocycles. The van der Waals surface area contributed by atoms with Gasteiger partial charge in [-0.2, -0.15) is 0 Å². The molecule has 7 heteroatoms. The molecule has 2 fully saturated rings. The number of carbonyl (C=O) groups excluding carboxylic acids is 1. The SMILES string of the molecule is Cl.Cl.Cn1c(-c2cccc(NC(=O)C3CC34CCNCC4)c2)nc2ccccc21. The smallest absolute Gasteiger partial charge is 0.228 e. The van der Waals surface area contributed by atoms with Gasteiger partial charge in [-0.1, -0.05) is 24.3 Å². The van der Waals surface area contributed by atoms with E-state index in [0.717, 1.165) is 60.5 Å². The molecule has 0 bridgehead atoms. The molecule has 1 aromatic heterocycles. The fraction of sp³-hybridized carbons (Fsp3) is 0.364. The van der Waals surface area contributed by atoms with Crippen molar-refractivity contribution in [1.82, 2.24) is 14.9 Å². The molecule has 1 unspecified atom stereocenters. The number of aromatic nitrogens is 2. The standard InChI is InChI=1S/C22H24N4O.2ClH/c1-26-19-8-3-2-7-18(19)25-20(26)15-5-4-6-16(13-15)24-21(27)17-14-22(17)9-11-23-12-10-22;;/h2-8,13,17,23H,9-12,14H2,1H3,(H,24,27);2*1H. The Kier molecular flexibility index (Phi) is 6.22. The molecule has 0 radical (unpaired) electrons. The number of imidazole rings is 1. The van der Waals surface area contributed by atoms with E-state index in [1.54, 1.807) is 0 Å². The third-order valence-electron chi connectivity index (χ3n) is 6.28. The van der Waals surface area contributed by atoms with Crippen molar-refractivity contribution in [2.45, 2.75) is 19.3 Å². The number of benzene rings is 2. The van der Waals surface area contributed by atoms with Crippen LogP contribution in [0.2, 0.25) is 0 Å². The zero-order chi connectivity index (χ0) is 18.4. The van der Waals surface area contributed by atoms with Crippen LogP contribution >= 0.6 is 24.8 Å². The molecule has 2 aliphatic rings. The number of piperidine rings is 1. The van der Waals surface area contributed by atoms with E-state index in [-0.39, 0.29) is 42.1 Å². The van der Waals surface area contributed by atoms with E-state index in [1.807, 2.05) is 49.5 Å². The van der Waals surface area contributed by atoms with Gasteiger partial charge < -0.3 is 15.2 Å². The maximum Gasteiger partial charge on any atom is 0.228 e. The quantitative estimate of drug-likeness (QED) is 0.643. The number of carbonyl (C=O) groups is 1. The van der Waals surface area contributed by atoms with Crippen LogP contribution in [0.5, 0.6) is 0 Å². The van der Waals surface area contributed by atoms with Gasteiger partial charge in [0.1, 0.15) is 5.82 Å². The third kappa shape index (κ3) is 3.87. The van der Waals surface area contributed by atoms with Crippen LogP contribution in [0.1, 0.15) is 19.3 Å². The normalized spacial score (nSPS) is 19.3. The first-order valence-electron chi connectivity index (χ1n) is 9.70. The zero-order valence-electron chi connectivity index (χ0n) is 16.4. The lowest BCUT2D eigenvalue weighted by Crippen LogP contribution is -2.31. The highest BCUT2D eigenvalue weighted by Crippen LogP contribution is 2.58. The number of hydrogen-bond acceptors (Lipinski definition) is 3. The van der Waals surface area contributed by atoms with Gasteiger partial charge in [-0.05, 0) is 62.0 Å². The molecule has 1 aliphatic carbocycles. The molecular weight excluding hydrogens is 407 g/mol. The molecule has 29 heavy (non-hydrogen) atoms. The lowest BCUT2D eigenvalue weighted by atomic mass is 9.92. The molecule has 2 N–H and O–H groups in total. The summed E-state index contributed by atoms with van der Waals surface area (Å²) in [5.74, 6) is 1.24. The second-order valence-corrected chi connectivity index (χ2v) is 7.92. The molecule has 2 aromatic carbocycles. The van der Waals surface area contributed by atoms with E-state index in [9.17, 15) is 4.79 Å². The Morgan fingerprint density at radius 2 is 1.90 bits per heavy atom. The number of amides is 1. The average molecular weight is 433 g/mol. The van der Waals surface area contributed by atoms with Gasteiger partial charge in [0.25, 0.3) is 0 Å². The highest BCUT2D eigenvalue weighted by atomic mass is 35.5. The number of anilines is 1. The van der Waals surface area contributed by atoms with Crippen LogP contribution in [0.25, 0.3) is 22.4 Å². The van der Waals surface area contributed by atoms with Crippen LogP contribution in [0, 0.1) is 11.3 Å². The lowest BCUT2D eigenvalue weighted by molar-refractivity contribution is -0.118. The number of fused-ring (bicyclic) bond motifs is 1. The van der Waals surface area contributed by atoms with Crippen LogP contribution in [0.3, 0.4) is 0 Å². The lowest BCUT2D eigenvalue weighted by Gasteiger charge is -2.23. The van der Waals surface area contributed by atoms with Crippen LogP contribution < -0.4 is 10.6 Å². The number of halogens is 2. The van der Waals surface area contributed by atoms with Crippen LogP contribution in [-0.4, -0.2) is 28.5 Å². The first kappa shape index (κ1) is 21.6. The first-order valence-corrected chi connectivity index (χ1v) is 9.70. The van der Waals surface area contributed by atoms with E-state index in [1.165, 1.54) is 0 Å². The minimum Gasteiger partial charge on any atom is -0.327 e. The predicted octanol–water partition coefficient (Wildman–Crippen LogP) is 4.41. The van der Waals surface area contributed by atoms with Gasteiger partial charge in [-0.25, -0.2) is 4.98 Å². The Morgan fingerprint density at radius 1 is 1.14 bits per heavy atom. The van der Waals surface area contributed by atoms with Gasteiger partial charge in [0.15, 0.2) is 0 Å². The minimum absolute atomic E-state index is 0. The number of hydrogen-bond donors (Lipinski definition) is 2. The Balaban J connectivity index is 0.00000120. The monoisotopic (exact) mass is 432 g/mol. The van der Waals surface area contributed by atoms with Crippen molar-refractivity contribution in [1.29, 1.82) is 0 Å². The molecule has 1 saturated heterocycles.